The van der Waals surface area contributed by atoms with Gasteiger partial charge in [-0.25, -0.2) is 4.79 Å². The summed E-state index contributed by atoms with van der Waals surface area (Å²) in [7, 11) is 0. The number of fused-ring (bicyclic) bond motifs is 6. The zero-order valence-electron chi connectivity index (χ0n) is 16.1. The van der Waals surface area contributed by atoms with Crippen molar-refractivity contribution in [3.63, 3.8) is 0 Å². The standard InChI is InChI=1S/C20H8Br4O5.2Na/c21-11-5-9-17(13(23)15(11)25)28-18-10(6-12(22)16(26)14(18)24)20(9)8-4-2-1-3-7(8)19(27)29-20;;/h1-6,25-26H;;. The van der Waals surface area contributed by atoms with Gasteiger partial charge in [0.15, 0.2) is 17.1 Å². The molecule has 2 heterocycles. The molecule has 5 nitrogen and oxygen atoms in total. The largest absolute Gasteiger partial charge is 0.505 e. The molecule has 2 aliphatic heterocycles. The number of phenols is 2. The van der Waals surface area contributed by atoms with Gasteiger partial charge in [0, 0.05) is 64.7 Å². The first-order valence-corrected chi connectivity index (χ1v) is 11.4. The van der Waals surface area contributed by atoms with Crippen molar-refractivity contribution in [1.82, 2.24) is 0 Å². The number of esters is 1. The Morgan fingerprint density at radius 1 is 0.774 bits per heavy atom. The molecule has 0 bridgehead atoms. The molecule has 0 aromatic heterocycles. The molecule has 0 fully saturated rings. The Morgan fingerprint density at radius 3 is 1.77 bits per heavy atom. The minimum absolute atomic E-state index is 0. The zero-order valence-corrected chi connectivity index (χ0v) is 26.4. The van der Waals surface area contributed by atoms with Crippen LogP contribution in [-0.2, 0) is 10.3 Å². The van der Waals surface area contributed by atoms with Gasteiger partial charge in [0.25, 0.3) is 0 Å². The Bertz CT molecular complexity index is 1200. The quantitative estimate of drug-likeness (QED) is 0.225. The number of ether oxygens (including phenoxy) is 2. The molecular formula is C20H8Br4Na2O5. The molecule has 31 heavy (non-hydrogen) atoms. The van der Waals surface area contributed by atoms with Gasteiger partial charge in [0.2, 0.25) is 0 Å². The summed E-state index contributed by atoms with van der Waals surface area (Å²) < 4.78 is 13.6. The van der Waals surface area contributed by atoms with E-state index < -0.39 is 11.6 Å². The summed E-state index contributed by atoms with van der Waals surface area (Å²) in [5.41, 5.74) is 0.819. The predicted octanol–water partition coefficient (Wildman–Crippen LogP) is 5.95. The summed E-state index contributed by atoms with van der Waals surface area (Å²) in [6.45, 7) is 0. The SMILES string of the molecule is O=C1OC2(c3ccccc31)c1cc(Br)c(O)c(Br)c1Oc1c2cc(Br)c(O)c1Br.[Na].[Na]. The number of aromatic hydroxyl groups is 2. The van der Waals surface area contributed by atoms with Gasteiger partial charge in [-0.15, -0.1) is 0 Å². The molecule has 3 aromatic carbocycles. The molecule has 0 saturated carbocycles. The van der Waals surface area contributed by atoms with Crippen molar-refractivity contribution >= 4 is 129 Å². The number of benzene rings is 3. The first kappa shape index (κ1) is 26.1. The van der Waals surface area contributed by atoms with E-state index in [4.69, 9.17) is 9.47 Å². The summed E-state index contributed by atoms with van der Waals surface area (Å²) in [5, 5.41) is 20.8. The number of carbonyl (C=O) groups excluding carboxylic acids is 1. The van der Waals surface area contributed by atoms with E-state index in [0.717, 1.165) is 0 Å². The fourth-order valence-electron chi connectivity index (χ4n) is 3.77. The van der Waals surface area contributed by atoms with E-state index in [1.165, 1.54) is 0 Å². The van der Waals surface area contributed by atoms with Crippen LogP contribution < -0.4 is 4.74 Å². The number of hydrogen-bond donors (Lipinski definition) is 2. The van der Waals surface area contributed by atoms with E-state index in [2.05, 4.69) is 63.7 Å². The minimum Gasteiger partial charge on any atom is -0.505 e. The van der Waals surface area contributed by atoms with Crippen LogP contribution >= 0.6 is 63.7 Å². The van der Waals surface area contributed by atoms with Gasteiger partial charge in [-0.05, 0) is 81.9 Å². The van der Waals surface area contributed by atoms with Gasteiger partial charge in [-0.2, -0.15) is 0 Å². The van der Waals surface area contributed by atoms with Crippen LogP contribution in [0.3, 0.4) is 0 Å². The molecule has 3 aromatic rings. The number of rotatable bonds is 0. The number of halogens is 4. The molecule has 0 saturated heterocycles. The van der Waals surface area contributed by atoms with Gasteiger partial charge < -0.3 is 19.7 Å². The first-order chi connectivity index (χ1) is 13.8. The normalized spacial score (nSPS) is 14.4. The molecule has 11 heteroatoms. The van der Waals surface area contributed by atoms with E-state index in [9.17, 15) is 15.0 Å². The maximum atomic E-state index is 12.8. The third kappa shape index (κ3) is 3.63. The molecule has 2 aliphatic rings. The Kier molecular flexibility index (Phi) is 7.77. The zero-order chi connectivity index (χ0) is 20.7. The van der Waals surface area contributed by atoms with Crippen LogP contribution in [0.15, 0.2) is 54.3 Å². The van der Waals surface area contributed by atoms with Gasteiger partial charge in [0.1, 0.15) is 20.4 Å². The van der Waals surface area contributed by atoms with Crippen LogP contribution in [0.1, 0.15) is 27.0 Å². The second-order valence-corrected chi connectivity index (χ2v) is 9.81. The predicted molar refractivity (Wildman–Crippen MR) is 130 cm³/mol. The van der Waals surface area contributed by atoms with Crippen LogP contribution in [0.2, 0.25) is 0 Å². The van der Waals surface area contributed by atoms with Crippen molar-refractivity contribution < 1.29 is 24.5 Å². The second kappa shape index (κ2) is 9.24. The average Bonchev–Trinajstić information content (AvgIpc) is 3.00. The van der Waals surface area contributed by atoms with E-state index >= 15 is 0 Å². The second-order valence-electron chi connectivity index (χ2n) is 6.51. The summed E-state index contributed by atoms with van der Waals surface area (Å²) in [6, 6.07) is 10.5. The molecule has 1 spiro atoms. The summed E-state index contributed by atoms with van der Waals surface area (Å²) >= 11 is 13.5. The molecule has 2 N–H and O–H groups in total. The smallest absolute Gasteiger partial charge is 0.340 e. The summed E-state index contributed by atoms with van der Waals surface area (Å²) in [6.07, 6.45) is 0. The minimum atomic E-state index is -1.33. The molecule has 0 amide bonds. The van der Waals surface area contributed by atoms with Crippen LogP contribution in [0.4, 0.5) is 0 Å². The molecule has 5 rings (SSSR count). The van der Waals surface area contributed by atoms with Crippen molar-refractivity contribution in [2.45, 2.75) is 5.60 Å². The van der Waals surface area contributed by atoms with Crippen molar-refractivity contribution in [3.8, 4) is 23.0 Å². The first-order valence-electron chi connectivity index (χ1n) is 8.21. The van der Waals surface area contributed by atoms with Crippen LogP contribution in [-0.4, -0.2) is 75.3 Å². The van der Waals surface area contributed by atoms with Crippen molar-refractivity contribution in [2.24, 2.45) is 0 Å². The topological polar surface area (TPSA) is 76.0 Å². The molecular weight excluding hydrogens is 686 g/mol. The summed E-state index contributed by atoms with van der Waals surface area (Å²) in [5.74, 6) is -0.0230. The third-order valence-corrected chi connectivity index (χ3v) is 7.71. The Morgan fingerprint density at radius 2 is 1.26 bits per heavy atom. The molecule has 0 atom stereocenters. The number of carbonyl (C=O) groups is 1. The Labute approximate surface area is 255 Å². The van der Waals surface area contributed by atoms with Crippen molar-refractivity contribution in [2.75, 3.05) is 0 Å². The average molecular weight is 694 g/mol. The van der Waals surface area contributed by atoms with Crippen molar-refractivity contribution in [1.29, 1.82) is 0 Å². The fourth-order valence-corrected chi connectivity index (χ4v) is 6.17. The van der Waals surface area contributed by atoms with Gasteiger partial charge >= 0.3 is 5.97 Å². The van der Waals surface area contributed by atoms with Crippen LogP contribution in [0.25, 0.3) is 0 Å². The molecule has 2 radical (unpaired) electrons. The van der Waals surface area contributed by atoms with E-state index in [-0.39, 0.29) is 82.1 Å². The van der Waals surface area contributed by atoms with E-state index in [0.29, 0.717) is 40.1 Å². The molecule has 0 aliphatic carbocycles. The maximum Gasteiger partial charge on any atom is 0.340 e. The summed E-state index contributed by atoms with van der Waals surface area (Å²) in [4.78, 5) is 12.8. The molecule has 148 valence electrons. The van der Waals surface area contributed by atoms with E-state index in [1.807, 2.05) is 12.1 Å². The van der Waals surface area contributed by atoms with Crippen LogP contribution in [0, 0.1) is 0 Å². The maximum absolute atomic E-state index is 12.8. The number of phenolic OH excluding ortho intramolecular Hbond substituents is 2. The van der Waals surface area contributed by atoms with Crippen molar-refractivity contribution in [3.05, 3.63) is 76.5 Å². The monoisotopic (exact) mass is 690 g/mol. The third-order valence-electron chi connectivity index (χ3n) is 5.03. The van der Waals surface area contributed by atoms with Gasteiger partial charge in [-0.1, -0.05) is 18.2 Å². The van der Waals surface area contributed by atoms with E-state index in [1.54, 1.807) is 24.3 Å². The molecule has 0 unspecified atom stereocenters. The van der Waals surface area contributed by atoms with Gasteiger partial charge in [0.05, 0.1) is 25.6 Å². The number of hydrogen-bond acceptors (Lipinski definition) is 5. The van der Waals surface area contributed by atoms with Crippen LogP contribution in [0.5, 0.6) is 23.0 Å². The Balaban J connectivity index is 0.00000136. The Hall–Kier alpha value is 0.450. The van der Waals surface area contributed by atoms with Gasteiger partial charge in [-0.3, -0.25) is 0 Å². The fraction of sp³-hybridized carbons (Fsp3) is 0.0500.